The molecular formula is C15H7ClFN5O2. The van der Waals surface area contributed by atoms with E-state index in [0.29, 0.717) is 11.1 Å². The molecule has 0 amide bonds. The largest absolute Gasteiger partial charge is 0.339 e. The summed E-state index contributed by atoms with van der Waals surface area (Å²) >= 11 is 5.72. The quantitative estimate of drug-likeness (QED) is 0.570. The van der Waals surface area contributed by atoms with Gasteiger partial charge in [-0.05, 0) is 24.3 Å². The molecule has 0 aliphatic heterocycles. The summed E-state index contributed by atoms with van der Waals surface area (Å²) in [4.78, 5) is 18.3. The first-order valence-electron chi connectivity index (χ1n) is 6.55. The highest BCUT2D eigenvalue weighted by atomic mass is 35.5. The van der Waals surface area contributed by atoms with E-state index in [4.69, 9.17) is 11.6 Å². The van der Waals surface area contributed by atoms with Crippen molar-refractivity contribution in [3.05, 3.63) is 63.0 Å². The number of benzene rings is 1. The molecule has 0 aliphatic rings. The number of nitrogens with one attached hydrogen (secondary N) is 1. The Morgan fingerprint density at radius 1 is 1.33 bits per heavy atom. The van der Waals surface area contributed by atoms with Crippen molar-refractivity contribution in [1.82, 2.24) is 9.97 Å². The van der Waals surface area contributed by atoms with Crippen molar-refractivity contribution in [2.24, 2.45) is 0 Å². The molecule has 0 aliphatic carbocycles. The molecule has 118 valence electrons. The maximum Gasteiger partial charge on any atom is 0.288 e. The third-order valence-corrected chi connectivity index (χ3v) is 3.46. The fourth-order valence-electron chi connectivity index (χ4n) is 2.04. The van der Waals surface area contributed by atoms with Crippen molar-refractivity contribution < 1.29 is 9.31 Å². The summed E-state index contributed by atoms with van der Waals surface area (Å²) in [5, 5.41) is 23.2. The number of pyridine rings is 2. The Balaban J connectivity index is 2.07. The molecule has 3 rings (SSSR count). The molecule has 0 unspecified atom stereocenters. The van der Waals surface area contributed by atoms with E-state index in [0.717, 1.165) is 6.20 Å². The Hall–Kier alpha value is -3.31. The van der Waals surface area contributed by atoms with E-state index in [1.165, 1.54) is 30.3 Å². The van der Waals surface area contributed by atoms with Crippen LogP contribution in [0.5, 0.6) is 0 Å². The van der Waals surface area contributed by atoms with Crippen LogP contribution in [-0.2, 0) is 0 Å². The van der Waals surface area contributed by atoms with Crippen LogP contribution in [0, 0.1) is 27.3 Å². The van der Waals surface area contributed by atoms with Gasteiger partial charge in [-0.3, -0.25) is 10.1 Å². The van der Waals surface area contributed by atoms with Crippen LogP contribution < -0.4 is 5.32 Å². The van der Waals surface area contributed by atoms with E-state index >= 15 is 0 Å². The summed E-state index contributed by atoms with van der Waals surface area (Å²) in [7, 11) is 0. The number of nitriles is 1. The highest BCUT2D eigenvalue weighted by molar-refractivity contribution is 6.31. The number of rotatable bonds is 3. The minimum absolute atomic E-state index is 0.0759. The number of halogens is 2. The first kappa shape index (κ1) is 15.6. The molecule has 0 saturated heterocycles. The number of aromatic nitrogens is 2. The number of nitrogens with zero attached hydrogens (tertiary/aromatic N) is 4. The lowest BCUT2D eigenvalue weighted by molar-refractivity contribution is -0.385. The molecule has 2 aromatic heterocycles. The monoisotopic (exact) mass is 343 g/mol. The minimum atomic E-state index is -0.578. The zero-order valence-electron chi connectivity index (χ0n) is 11.8. The SMILES string of the molecule is N#Cc1cc2cc([N+](=O)[O-])cnc2nc1Nc1ccc(F)c(Cl)c1. The molecule has 1 aromatic carbocycles. The number of hydrogen-bond donors (Lipinski definition) is 1. The molecular weight excluding hydrogens is 337 g/mol. The van der Waals surface area contributed by atoms with Crippen molar-refractivity contribution in [2.45, 2.75) is 0 Å². The Morgan fingerprint density at radius 2 is 2.12 bits per heavy atom. The summed E-state index contributed by atoms with van der Waals surface area (Å²) in [6.45, 7) is 0. The molecule has 3 aromatic rings. The molecule has 9 heteroatoms. The van der Waals surface area contributed by atoms with Crippen LogP contribution in [0.15, 0.2) is 36.5 Å². The minimum Gasteiger partial charge on any atom is -0.339 e. The van der Waals surface area contributed by atoms with E-state index in [-0.39, 0.29) is 27.7 Å². The molecule has 0 radical (unpaired) electrons. The average molecular weight is 344 g/mol. The van der Waals surface area contributed by atoms with Gasteiger partial charge >= 0.3 is 0 Å². The summed E-state index contributed by atoms with van der Waals surface area (Å²) in [6.07, 6.45) is 1.08. The number of fused-ring (bicyclic) bond motifs is 1. The summed E-state index contributed by atoms with van der Waals surface area (Å²) < 4.78 is 13.2. The Labute approximate surface area is 139 Å². The number of hydrogen-bond acceptors (Lipinski definition) is 6. The smallest absolute Gasteiger partial charge is 0.288 e. The first-order valence-corrected chi connectivity index (χ1v) is 6.93. The molecule has 1 N–H and O–H groups in total. The van der Waals surface area contributed by atoms with Crippen molar-refractivity contribution in [2.75, 3.05) is 5.32 Å². The maximum absolute atomic E-state index is 13.2. The summed E-state index contributed by atoms with van der Waals surface area (Å²) in [5.74, 6) is -0.378. The fourth-order valence-corrected chi connectivity index (χ4v) is 2.22. The van der Waals surface area contributed by atoms with Crippen LogP contribution in [-0.4, -0.2) is 14.9 Å². The molecule has 0 bridgehead atoms. The van der Waals surface area contributed by atoms with Gasteiger partial charge in [0.05, 0.1) is 15.5 Å². The second kappa shape index (κ2) is 6.06. The maximum atomic E-state index is 13.2. The third kappa shape index (κ3) is 2.93. The Bertz CT molecular complexity index is 1020. The second-order valence-corrected chi connectivity index (χ2v) is 5.15. The summed E-state index contributed by atoms with van der Waals surface area (Å²) in [5.41, 5.74) is 0.631. The average Bonchev–Trinajstić information content (AvgIpc) is 2.57. The van der Waals surface area contributed by atoms with Crippen LogP contribution in [0.25, 0.3) is 11.0 Å². The summed E-state index contributed by atoms with van der Waals surface area (Å²) in [6, 6.07) is 8.66. The van der Waals surface area contributed by atoms with Crippen molar-refractivity contribution >= 4 is 39.8 Å². The molecule has 0 atom stereocenters. The number of anilines is 2. The molecule has 0 saturated carbocycles. The van der Waals surface area contributed by atoms with Crippen molar-refractivity contribution in [1.29, 1.82) is 5.26 Å². The predicted octanol–water partition coefficient (Wildman–Crippen LogP) is 3.95. The lowest BCUT2D eigenvalue weighted by Gasteiger charge is -2.09. The van der Waals surface area contributed by atoms with Gasteiger partial charge in [0.2, 0.25) is 0 Å². The van der Waals surface area contributed by atoms with Crippen molar-refractivity contribution in [3.8, 4) is 6.07 Å². The molecule has 0 fully saturated rings. The molecule has 2 heterocycles. The zero-order chi connectivity index (χ0) is 17.3. The molecule has 7 nitrogen and oxygen atoms in total. The zero-order valence-corrected chi connectivity index (χ0v) is 12.6. The van der Waals surface area contributed by atoms with Crippen LogP contribution in [0.3, 0.4) is 0 Å². The van der Waals surface area contributed by atoms with Gasteiger partial charge in [-0.15, -0.1) is 0 Å². The highest BCUT2D eigenvalue weighted by Crippen LogP contribution is 2.26. The lowest BCUT2D eigenvalue weighted by atomic mass is 10.2. The van der Waals surface area contributed by atoms with Crippen molar-refractivity contribution in [3.63, 3.8) is 0 Å². The van der Waals surface area contributed by atoms with Gasteiger partial charge in [0, 0.05) is 17.1 Å². The molecule has 0 spiro atoms. The van der Waals surface area contributed by atoms with Gasteiger partial charge in [-0.2, -0.15) is 5.26 Å². The van der Waals surface area contributed by atoms with E-state index in [2.05, 4.69) is 15.3 Å². The van der Waals surface area contributed by atoms with Crippen LogP contribution in [0.4, 0.5) is 21.6 Å². The molecule has 24 heavy (non-hydrogen) atoms. The van der Waals surface area contributed by atoms with Crippen LogP contribution >= 0.6 is 11.6 Å². The topological polar surface area (TPSA) is 105 Å². The van der Waals surface area contributed by atoms with Gasteiger partial charge in [0.15, 0.2) is 11.5 Å². The fraction of sp³-hybridized carbons (Fsp3) is 0. The van der Waals surface area contributed by atoms with Crippen LogP contribution in [0.2, 0.25) is 5.02 Å². The highest BCUT2D eigenvalue weighted by Gasteiger charge is 2.13. The van der Waals surface area contributed by atoms with Gasteiger partial charge < -0.3 is 5.32 Å². The van der Waals surface area contributed by atoms with Gasteiger partial charge in [-0.1, -0.05) is 11.6 Å². The number of nitro groups is 1. The van der Waals surface area contributed by atoms with E-state index in [1.807, 2.05) is 6.07 Å². The standard InChI is InChI=1S/C15H7ClFN5O2/c16-12-5-10(1-2-13(12)17)20-15-9(6-18)3-8-4-11(22(23)24)7-19-14(8)21-15/h1-5,7H,(H,19,20,21). The lowest BCUT2D eigenvalue weighted by Crippen LogP contribution is -1.99. The Morgan fingerprint density at radius 3 is 2.79 bits per heavy atom. The first-order chi connectivity index (χ1) is 11.5. The van der Waals surface area contributed by atoms with Gasteiger partial charge in [0.1, 0.15) is 18.1 Å². The van der Waals surface area contributed by atoms with E-state index < -0.39 is 10.7 Å². The Kier molecular flexibility index (Phi) is 3.93. The normalized spacial score (nSPS) is 10.4. The van der Waals surface area contributed by atoms with E-state index in [9.17, 15) is 19.8 Å². The predicted molar refractivity (Wildman–Crippen MR) is 85.6 cm³/mol. The van der Waals surface area contributed by atoms with E-state index in [1.54, 1.807) is 0 Å². The van der Waals surface area contributed by atoms with Gasteiger partial charge in [0.25, 0.3) is 5.69 Å². The van der Waals surface area contributed by atoms with Crippen LogP contribution in [0.1, 0.15) is 5.56 Å². The third-order valence-electron chi connectivity index (χ3n) is 3.17. The van der Waals surface area contributed by atoms with Gasteiger partial charge in [-0.25, -0.2) is 14.4 Å². The second-order valence-electron chi connectivity index (χ2n) is 4.75.